The molecule has 0 saturated heterocycles. The number of carbonyl (C=O) groups excluding carboxylic acids is 1. The summed E-state index contributed by atoms with van der Waals surface area (Å²) in [6.07, 6.45) is 5.37. The molecule has 1 aliphatic carbocycles. The zero-order valence-corrected chi connectivity index (χ0v) is 13.9. The Kier molecular flexibility index (Phi) is 6.75. The number of ether oxygens (including phenoxy) is 2. The molecule has 1 fully saturated rings. The summed E-state index contributed by atoms with van der Waals surface area (Å²) in [6, 6.07) is 6.25. The highest BCUT2D eigenvalue weighted by atomic mass is 19.3. The zero-order valence-electron chi connectivity index (χ0n) is 13.9. The fraction of sp³-hybridized carbons (Fsp3) is 0.444. The first-order chi connectivity index (χ1) is 12.0. The molecule has 7 heteroatoms. The number of alkyl halides is 2. The molecule has 1 aliphatic rings. The minimum atomic E-state index is -2.97. The lowest BCUT2D eigenvalue weighted by Crippen LogP contribution is -2.33. The number of benzene rings is 1. The summed E-state index contributed by atoms with van der Waals surface area (Å²) in [5.74, 6) is -0.395. The van der Waals surface area contributed by atoms with Crippen LogP contribution in [0.25, 0.3) is 6.08 Å². The maximum atomic E-state index is 12.4. The van der Waals surface area contributed by atoms with Gasteiger partial charge in [0.1, 0.15) is 11.6 Å². The van der Waals surface area contributed by atoms with Gasteiger partial charge in [-0.1, -0.05) is 18.9 Å². The third-order valence-corrected chi connectivity index (χ3v) is 3.85. The molecule has 0 radical (unpaired) electrons. The number of amides is 1. The molecule has 1 N–H and O–H groups in total. The third-order valence-electron chi connectivity index (χ3n) is 3.85. The van der Waals surface area contributed by atoms with Gasteiger partial charge >= 0.3 is 6.61 Å². The number of nitrogens with zero attached hydrogens (tertiary/aromatic N) is 1. The Hall–Kier alpha value is -2.62. The molecule has 0 bridgehead atoms. The van der Waals surface area contributed by atoms with E-state index >= 15 is 0 Å². The number of halogens is 2. The largest absolute Gasteiger partial charge is 0.490 e. The maximum Gasteiger partial charge on any atom is 0.387 e. The lowest BCUT2D eigenvalue weighted by atomic mass is 10.1. The third kappa shape index (κ3) is 5.45. The number of nitrogens with one attached hydrogen (secondary N) is 1. The van der Waals surface area contributed by atoms with Gasteiger partial charge in [0, 0.05) is 6.04 Å². The number of hydrogen-bond acceptors (Lipinski definition) is 4. The Bertz CT molecular complexity index is 677. The SMILES string of the molecule is CCOc1cc(/C=C(\C#N)C(=O)NC2CCCC2)ccc1OC(F)F. The van der Waals surface area contributed by atoms with Crippen LogP contribution in [0.15, 0.2) is 23.8 Å². The lowest BCUT2D eigenvalue weighted by Gasteiger charge is -2.12. The molecule has 0 spiro atoms. The van der Waals surface area contributed by atoms with Gasteiger partial charge in [-0.25, -0.2) is 0 Å². The van der Waals surface area contributed by atoms with Gasteiger partial charge in [-0.05, 0) is 43.5 Å². The normalized spacial score (nSPS) is 15.1. The van der Waals surface area contributed by atoms with E-state index in [0.29, 0.717) is 5.56 Å². The molecule has 134 valence electrons. The molecule has 2 rings (SSSR count). The van der Waals surface area contributed by atoms with E-state index in [2.05, 4.69) is 10.1 Å². The standard InChI is InChI=1S/C18H20F2N2O3/c1-2-24-16-10-12(7-8-15(16)25-18(19)20)9-13(11-21)17(23)22-14-5-3-4-6-14/h7-10,14,18H,2-6H2,1H3,(H,22,23)/b13-9+. The summed E-state index contributed by atoms with van der Waals surface area (Å²) >= 11 is 0. The highest BCUT2D eigenvalue weighted by Gasteiger charge is 2.19. The average molecular weight is 350 g/mol. The Balaban J connectivity index is 2.19. The molecule has 1 saturated carbocycles. The van der Waals surface area contributed by atoms with Gasteiger partial charge in [0.05, 0.1) is 6.61 Å². The molecule has 0 aliphatic heterocycles. The molecule has 25 heavy (non-hydrogen) atoms. The van der Waals surface area contributed by atoms with Crippen molar-refractivity contribution in [1.29, 1.82) is 5.26 Å². The van der Waals surface area contributed by atoms with E-state index in [4.69, 9.17) is 4.74 Å². The summed E-state index contributed by atoms with van der Waals surface area (Å²) in [5.41, 5.74) is 0.445. The predicted molar refractivity (Wildman–Crippen MR) is 88.2 cm³/mol. The molecule has 0 aromatic heterocycles. The van der Waals surface area contributed by atoms with Crippen LogP contribution in [-0.4, -0.2) is 25.2 Å². The van der Waals surface area contributed by atoms with Gasteiger partial charge in [0.25, 0.3) is 5.91 Å². The minimum absolute atomic E-state index is 0.0446. The van der Waals surface area contributed by atoms with Crippen LogP contribution in [0, 0.1) is 11.3 Å². The lowest BCUT2D eigenvalue weighted by molar-refractivity contribution is -0.117. The van der Waals surface area contributed by atoms with E-state index < -0.39 is 12.5 Å². The van der Waals surface area contributed by atoms with E-state index in [-0.39, 0.29) is 29.7 Å². The molecule has 1 aromatic rings. The first-order valence-corrected chi connectivity index (χ1v) is 8.17. The maximum absolute atomic E-state index is 12.4. The van der Waals surface area contributed by atoms with Crippen LogP contribution in [-0.2, 0) is 4.79 Å². The first-order valence-electron chi connectivity index (χ1n) is 8.17. The van der Waals surface area contributed by atoms with Crippen molar-refractivity contribution in [3.8, 4) is 17.6 Å². The molecular formula is C18H20F2N2O3. The molecule has 1 aromatic carbocycles. The second-order valence-corrected chi connectivity index (χ2v) is 5.64. The zero-order chi connectivity index (χ0) is 18.2. The quantitative estimate of drug-likeness (QED) is 0.602. The van der Waals surface area contributed by atoms with Crippen molar-refractivity contribution in [2.75, 3.05) is 6.61 Å². The fourth-order valence-electron chi connectivity index (χ4n) is 2.72. The summed E-state index contributed by atoms with van der Waals surface area (Å²) in [5, 5.41) is 12.1. The Labute approximate surface area is 145 Å². The number of rotatable bonds is 7. The van der Waals surface area contributed by atoms with Gasteiger partial charge in [0.15, 0.2) is 11.5 Å². The van der Waals surface area contributed by atoms with E-state index in [1.54, 1.807) is 6.92 Å². The van der Waals surface area contributed by atoms with Crippen LogP contribution in [0.1, 0.15) is 38.2 Å². The molecule has 0 atom stereocenters. The van der Waals surface area contributed by atoms with Crippen molar-refractivity contribution in [1.82, 2.24) is 5.32 Å². The molecule has 5 nitrogen and oxygen atoms in total. The summed E-state index contributed by atoms with van der Waals surface area (Å²) in [6.45, 7) is -0.989. The summed E-state index contributed by atoms with van der Waals surface area (Å²) in [7, 11) is 0. The van der Waals surface area contributed by atoms with Crippen LogP contribution in [0.3, 0.4) is 0 Å². The van der Waals surface area contributed by atoms with Gasteiger partial charge in [0.2, 0.25) is 0 Å². The first kappa shape index (κ1) is 18.7. The molecule has 1 amide bonds. The van der Waals surface area contributed by atoms with Crippen molar-refractivity contribution < 1.29 is 23.0 Å². The number of nitriles is 1. The van der Waals surface area contributed by atoms with E-state index in [1.165, 1.54) is 24.3 Å². The smallest absolute Gasteiger partial charge is 0.387 e. The van der Waals surface area contributed by atoms with E-state index in [1.807, 2.05) is 6.07 Å². The van der Waals surface area contributed by atoms with E-state index in [9.17, 15) is 18.8 Å². The second-order valence-electron chi connectivity index (χ2n) is 5.64. The number of carbonyl (C=O) groups is 1. The topological polar surface area (TPSA) is 71.3 Å². The van der Waals surface area contributed by atoms with Crippen LogP contribution in [0.4, 0.5) is 8.78 Å². The van der Waals surface area contributed by atoms with Crippen LogP contribution in [0.2, 0.25) is 0 Å². The fourth-order valence-corrected chi connectivity index (χ4v) is 2.72. The number of hydrogen-bond donors (Lipinski definition) is 1. The van der Waals surface area contributed by atoms with Crippen LogP contribution >= 0.6 is 0 Å². The highest BCUT2D eigenvalue weighted by molar-refractivity contribution is 6.01. The Morgan fingerprint density at radius 3 is 2.72 bits per heavy atom. The predicted octanol–water partition coefficient (Wildman–Crippen LogP) is 3.65. The Morgan fingerprint density at radius 2 is 2.12 bits per heavy atom. The van der Waals surface area contributed by atoms with E-state index in [0.717, 1.165) is 25.7 Å². The molecular weight excluding hydrogens is 330 g/mol. The van der Waals surface area contributed by atoms with Gasteiger partial charge in [-0.15, -0.1) is 0 Å². The van der Waals surface area contributed by atoms with Crippen LogP contribution < -0.4 is 14.8 Å². The van der Waals surface area contributed by atoms with Crippen molar-refractivity contribution in [3.63, 3.8) is 0 Å². The van der Waals surface area contributed by atoms with Crippen molar-refractivity contribution in [3.05, 3.63) is 29.3 Å². The van der Waals surface area contributed by atoms with Gasteiger partial charge < -0.3 is 14.8 Å². The van der Waals surface area contributed by atoms with Crippen molar-refractivity contribution in [2.45, 2.75) is 45.3 Å². The van der Waals surface area contributed by atoms with Crippen molar-refractivity contribution in [2.24, 2.45) is 0 Å². The Morgan fingerprint density at radius 1 is 1.40 bits per heavy atom. The van der Waals surface area contributed by atoms with Gasteiger partial charge in [-0.3, -0.25) is 4.79 Å². The van der Waals surface area contributed by atoms with Crippen molar-refractivity contribution >= 4 is 12.0 Å². The monoisotopic (exact) mass is 350 g/mol. The van der Waals surface area contributed by atoms with Crippen LogP contribution in [0.5, 0.6) is 11.5 Å². The second kappa shape index (κ2) is 9.02. The average Bonchev–Trinajstić information content (AvgIpc) is 3.07. The summed E-state index contributed by atoms with van der Waals surface area (Å²) in [4.78, 5) is 12.2. The molecule has 0 unspecified atom stereocenters. The highest BCUT2D eigenvalue weighted by Crippen LogP contribution is 2.30. The molecule has 0 heterocycles. The minimum Gasteiger partial charge on any atom is -0.490 e. The summed E-state index contributed by atoms with van der Waals surface area (Å²) < 4.78 is 34.5. The van der Waals surface area contributed by atoms with Gasteiger partial charge in [-0.2, -0.15) is 14.0 Å².